The number of benzene rings is 1. The molecule has 0 saturated carbocycles. The van der Waals surface area contributed by atoms with E-state index in [0.29, 0.717) is 0 Å². The highest BCUT2D eigenvalue weighted by Crippen LogP contribution is 2.27. The fourth-order valence-electron chi connectivity index (χ4n) is 2.57. The zero-order chi connectivity index (χ0) is 17.3. The molecule has 9 heteroatoms. The first-order chi connectivity index (χ1) is 11.4. The van der Waals surface area contributed by atoms with Crippen molar-refractivity contribution in [1.82, 2.24) is 14.1 Å². The highest BCUT2D eigenvalue weighted by molar-refractivity contribution is 7.89. The molecule has 0 unspecified atom stereocenters. The summed E-state index contributed by atoms with van der Waals surface area (Å²) in [5.41, 5.74) is 0.833. The van der Waals surface area contributed by atoms with E-state index in [9.17, 15) is 12.8 Å². The molecule has 1 aromatic heterocycles. The van der Waals surface area contributed by atoms with Gasteiger partial charge in [0.1, 0.15) is 10.7 Å². The fourth-order valence-corrected chi connectivity index (χ4v) is 4.04. The summed E-state index contributed by atoms with van der Waals surface area (Å²) in [6.07, 6.45) is 2.91. The van der Waals surface area contributed by atoms with Crippen molar-refractivity contribution >= 4 is 10.0 Å². The molecule has 126 valence electrons. The minimum absolute atomic E-state index is 0.0710. The molecule has 0 amide bonds. The number of morpholine rings is 1. The largest absolute Gasteiger partial charge is 0.371 e. The van der Waals surface area contributed by atoms with Crippen molar-refractivity contribution in [3.8, 4) is 6.07 Å². The smallest absolute Gasteiger partial charge is 0.246 e. The maximum Gasteiger partial charge on any atom is 0.246 e. The molecule has 1 saturated heterocycles. The first kappa shape index (κ1) is 16.6. The minimum atomic E-state index is -4.01. The third kappa shape index (κ3) is 3.03. The lowest BCUT2D eigenvalue weighted by atomic mass is 10.2. The molecule has 0 spiro atoms. The summed E-state index contributed by atoms with van der Waals surface area (Å²) in [6, 6.07) is 5.11. The highest BCUT2D eigenvalue weighted by atomic mass is 32.2. The van der Waals surface area contributed by atoms with E-state index in [1.54, 1.807) is 30.2 Å². The van der Waals surface area contributed by atoms with Gasteiger partial charge in [-0.3, -0.25) is 4.68 Å². The van der Waals surface area contributed by atoms with Crippen LogP contribution in [0.3, 0.4) is 0 Å². The van der Waals surface area contributed by atoms with Gasteiger partial charge >= 0.3 is 0 Å². The second kappa shape index (κ2) is 6.32. The maximum atomic E-state index is 14.1. The first-order valence-corrected chi connectivity index (χ1v) is 8.66. The standard InChI is InChI=1S/C15H15FN4O3S/c1-19-9-12(8-18-19)14-10-20(4-5-23-14)24(21,22)15-3-2-11(7-17)6-13(15)16/h2-3,6,8-9,14H,4-5,10H2,1H3/t14-/m0/s1. The van der Waals surface area contributed by atoms with Crippen molar-refractivity contribution in [2.75, 3.05) is 19.7 Å². The summed E-state index contributed by atoms with van der Waals surface area (Å²) in [4.78, 5) is -0.437. The summed E-state index contributed by atoms with van der Waals surface area (Å²) in [5, 5.41) is 12.8. The molecule has 0 radical (unpaired) electrons. The van der Waals surface area contributed by atoms with Crippen LogP contribution in [-0.2, 0) is 21.8 Å². The molecular formula is C15H15FN4O3S. The van der Waals surface area contributed by atoms with Crippen LogP contribution in [0.2, 0.25) is 0 Å². The molecule has 1 aliphatic rings. The zero-order valence-electron chi connectivity index (χ0n) is 12.9. The number of halogens is 1. The van der Waals surface area contributed by atoms with Crippen LogP contribution in [0.5, 0.6) is 0 Å². The Morgan fingerprint density at radius 1 is 1.46 bits per heavy atom. The second-order valence-electron chi connectivity index (χ2n) is 5.43. The zero-order valence-corrected chi connectivity index (χ0v) is 13.7. The van der Waals surface area contributed by atoms with Crippen LogP contribution in [0.25, 0.3) is 0 Å². The van der Waals surface area contributed by atoms with Crippen molar-refractivity contribution in [3.63, 3.8) is 0 Å². The Bertz CT molecular complexity index is 904. The van der Waals surface area contributed by atoms with Crippen molar-refractivity contribution in [2.24, 2.45) is 7.05 Å². The number of nitrogens with zero attached hydrogens (tertiary/aromatic N) is 4. The Hall–Kier alpha value is -2.28. The van der Waals surface area contributed by atoms with Gasteiger partial charge in [0, 0.05) is 31.9 Å². The van der Waals surface area contributed by atoms with E-state index >= 15 is 0 Å². The Balaban J connectivity index is 1.88. The van der Waals surface area contributed by atoms with Crippen LogP contribution in [0.4, 0.5) is 4.39 Å². The number of ether oxygens (including phenoxy) is 1. The number of hydrogen-bond acceptors (Lipinski definition) is 5. The molecule has 2 aromatic rings. The quantitative estimate of drug-likeness (QED) is 0.830. The molecule has 1 aliphatic heterocycles. The van der Waals surface area contributed by atoms with Gasteiger partial charge in [-0.2, -0.15) is 14.7 Å². The van der Waals surface area contributed by atoms with Gasteiger partial charge < -0.3 is 4.74 Å². The molecule has 1 aromatic carbocycles. The average Bonchev–Trinajstić information content (AvgIpc) is 3.01. The lowest BCUT2D eigenvalue weighted by Gasteiger charge is -2.31. The fraction of sp³-hybridized carbons (Fsp3) is 0.333. The van der Waals surface area contributed by atoms with E-state index in [1.165, 1.54) is 10.4 Å². The average molecular weight is 350 g/mol. The van der Waals surface area contributed by atoms with Crippen LogP contribution in [0, 0.1) is 17.1 Å². The molecule has 0 bridgehead atoms. The van der Waals surface area contributed by atoms with Gasteiger partial charge in [-0.1, -0.05) is 0 Å². The maximum absolute atomic E-state index is 14.1. The minimum Gasteiger partial charge on any atom is -0.371 e. The number of hydrogen-bond donors (Lipinski definition) is 0. The first-order valence-electron chi connectivity index (χ1n) is 7.22. The number of rotatable bonds is 3. The summed E-state index contributed by atoms with van der Waals surface area (Å²) >= 11 is 0. The Morgan fingerprint density at radius 3 is 2.88 bits per heavy atom. The van der Waals surface area contributed by atoms with E-state index in [-0.39, 0.29) is 25.3 Å². The topological polar surface area (TPSA) is 88.2 Å². The molecule has 0 N–H and O–H groups in total. The molecule has 0 aliphatic carbocycles. The number of aryl methyl sites for hydroxylation is 1. The van der Waals surface area contributed by atoms with Crippen LogP contribution in [0.15, 0.2) is 35.5 Å². The van der Waals surface area contributed by atoms with Crippen molar-refractivity contribution in [1.29, 1.82) is 5.26 Å². The van der Waals surface area contributed by atoms with E-state index in [1.807, 2.05) is 0 Å². The van der Waals surface area contributed by atoms with Gasteiger partial charge in [-0.15, -0.1) is 0 Å². The molecule has 2 heterocycles. The Labute approximate surface area is 138 Å². The molecule has 1 fully saturated rings. The Morgan fingerprint density at radius 2 is 2.25 bits per heavy atom. The molecule has 1 atom stereocenters. The number of aromatic nitrogens is 2. The van der Waals surface area contributed by atoms with E-state index in [0.717, 1.165) is 17.7 Å². The lowest BCUT2D eigenvalue weighted by Crippen LogP contribution is -2.42. The van der Waals surface area contributed by atoms with Crippen molar-refractivity contribution in [3.05, 3.63) is 47.5 Å². The van der Waals surface area contributed by atoms with Gasteiger partial charge in [0.25, 0.3) is 0 Å². The summed E-state index contributed by atoms with van der Waals surface area (Å²) < 4.78 is 47.9. The summed E-state index contributed by atoms with van der Waals surface area (Å²) in [6.45, 7) is 0.419. The van der Waals surface area contributed by atoms with Crippen molar-refractivity contribution in [2.45, 2.75) is 11.0 Å². The predicted molar refractivity (Wildman–Crippen MR) is 81.8 cm³/mol. The van der Waals surface area contributed by atoms with E-state index < -0.39 is 26.8 Å². The normalized spacial score (nSPS) is 19.1. The van der Waals surface area contributed by atoms with Crippen LogP contribution in [-0.4, -0.2) is 42.2 Å². The van der Waals surface area contributed by atoms with E-state index in [4.69, 9.17) is 10.00 Å². The Kier molecular flexibility index (Phi) is 4.36. The summed E-state index contributed by atoms with van der Waals surface area (Å²) in [5.74, 6) is -0.932. The van der Waals surface area contributed by atoms with Gasteiger partial charge in [0.2, 0.25) is 10.0 Å². The number of nitriles is 1. The second-order valence-corrected chi connectivity index (χ2v) is 7.33. The third-order valence-corrected chi connectivity index (χ3v) is 5.70. The van der Waals surface area contributed by atoms with Gasteiger partial charge in [-0.05, 0) is 18.2 Å². The lowest BCUT2D eigenvalue weighted by molar-refractivity contribution is -0.00264. The highest BCUT2D eigenvalue weighted by Gasteiger charge is 2.33. The van der Waals surface area contributed by atoms with Crippen molar-refractivity contribution < 1.29 is 17.5 Å². The molecule has 3 rings (SSSR count). The van der Waals surface area contributed by atoms with Crippen LogP contribution >= 0.6 is 0 Å². The SMILES string of the molecule is Cn1cc([C@@H]2CN(S(=O)(=O)c3ccc(C#N)cc3F)CCO2)cn1. The van der Waals surface area contributed by atoms with Crippen LogP contribution < -0.4 is 0 Å². The van der Waals surface area contributed by atoms with E-state index in [2.05, 4.69) is 5.10 Å². The monoisotopic (exact) mass is 350 g/mol. The number of sulfonamides is 1. The molecular weight excluding hydrogens is 335 g/mol. The molecule has 24 heavy (non-hydrogen) atoms. The van der Waals surface area contributed by atoms with Gasteiger partial charge in [0.15, 0.2) is 0 Å². The van der Waals surface area contributed by atoms with Crippen LogP contribution in [0.1, 0.15) is 17.2 Å². The third-order valence-electron chi connectivity index (χ3n) is 3.80. The molecule has 7 nitrogen and oxygen atoms in total. The van der Waals surface area contributed by atoms with Gasteiger partial charge in [0.05, 0.1) is 30.5 Å². The van der Waals surface area contributed by atoms with Gasteiger partial charge in [-0.25, -0.2) is 12.8 Å². The predicted octanol–water partition coefficient (Wildman–Crippen LogP) is 1.19. The summed E-state index contributed by atoms with van der Waals surface area (Å²) in [7, 11) is -2.25.